The van der Waals surface area contributed by atoms with Gasteiger partial charge in [0.2, 0.25) is 5.91 Å². The van der Waals surface area contributed by atoms with E-state index in [0.29, 0.717) is 12.2 Å². The Bertz CT molecular complexity index is 985. The van der Waals surface area contributed by atoms with Gasteiger partial charge in [0.25, 0.3) is 0 Å². The highest BCUT2D eigenvalue weighted by molar-refractivity contribution is 6.03. The zero-order valence-electron chi connectivity index (χ0n) is 14.6. The molecule has 2 atom stereocenters. The van der Waals surface area contributed by atoms with E-state index in [-0.39, 0.29) is 18.4 Å². The molecule has 1 saturated heterocycles. The first-order valence-electron chi connectivity index (χ1n) is 8.80. The summed E-state index contributed by atoms with van der Waals surface area (Å²) in [6.07, 6.45) is 2.44. The molecule has 1 aliphatic heterocycles. The minimum atomic E-state index is -0.998. The third-order valence-corrected chi connectivity index (χ3v) is 5.09. The van der Waals surface area contributed by atoms with E-state index < -0.39 is 12.0 Å². The quantitative estimate of drug-likeness (QED) is 0.747. The topological polar surface area (TPSA) is 82.5 Å². The summed E-state index contributed by atoms with van der Waals surface area (Å²) in [7, 11) is 0. The summed E-state index contributed by atoms with van der Waals surface area (Å²) in [6, 6.07) is 17.1. The number of anilines is 1. The molecule has 2 N–H and O–H groups in total. The molecule has 2 amide bonds. The van der Waals surface area contributed by atoms with Crippen LogP contribution in [0.2, 0.25) is 0 Å². The molecule has 2 aromatic carbocycles. The molecule has 1 fully saturated rings. The van der Waals surface area contributed by atoms with Crippen LogP contribution in [0.4, 0.5) is 10.5 Å². The van der Waals surface area contributed by atoms with Gasteiger partial charge in [0.15, 0.2) is 0 Å². The average molecular weight is 361 g/mol. The van der Waals surface area contributed by atoms with Crippen molar-refractivity contribution in [2.45, 2.75) is 5.92 Å². The second-order valence-electron chi connectivity index (χ2n) is 6.70. The van der Waals surface area contributed by atoms with Crippen LogP contribution >= 0.6 is 0 Å². The van der Waals surface area contributed by atoms with E-state index in [2.05, 4.69) is 10.3 Å². The fraction of sp³-hybridized carbons (Fsp3) is 0.190. The molecule has 0 spiro atoms. The number of nitrogens with one attached hydrogen (secondary N) is 1. The van der Waals surface area contributed by atoms with E-state index in [0.717, 1.165) is 16.3 Å². The molecule has 1 aliphatic rings. The number of rotatable bonds is 3. The Morgan fingerprint density at radius 2 is 1.85 bits per heavy atom. The number of hydrogen-bond acceptors (Lipinski definition) is 3. The van der Waals surface area contributed by atoms with Crippen molar-refractivity contribution in [2.24, 2.45) is 5.92 Å². The van der Waals surface area contributed by atoms with Crippen molar-refractivity contribution in [3.63, 3.8) is 0 Å². The molecular weight excluding hydrogens is 342 g/mol. The molecule has 0 bridgehead atoms. The molecule has 1 aromatic heterocycles. The first-order valence-corrected chi connectivity index (χ1v) is 8.80. The number of nitrogens with zero attached hydrogens (tertiary/aromatic N) is 2. The zero-order valence-corrected chi connectivity index (χ0v) is 14.6. The van der Waals surface area contributed by atoms with Crippen molar-refractivity contribution in [1.82, 2.24) is 9.88 Å². The second kappa shape index (κ2) is 7.07. The van der Waals surface area contributed by atoms with E-state index in [1.807, 2.05) is 54.6 Å². The van der Waals surface area contributed by atoms with E-state index in [1.165, 1.54) is 4.90 Å². The van der Waals surface area contributed by atoms with Crippen LogP contribution in [0, 0.1) is 5.92 Å². The number of pyridine rings is 1. The average Bonchev–Trinajstić information content (AvgIpc) is 3.15. The fourth-order valence-electron chi connectivity index (χ4n) is 3.72. The van der Waals surface area contributed by atoms with Crippen LogP contribution in [-0.2, 0) is 4.79 Å². The Morgan fingerprint density at radius 3 is 2.63 bits per heavy atom. The van der Waals surface area contributed by atoms with Gasteiger partial charge < -0.3 is 15.3 Å². The highest BCUT2D eigenvalue weighted by Gasteiger charge is 2.40. The number of carbonyl (C=O) groups is 2. The van der Waals surface area contributed by atoms with Crippen molar-refractivity contribution >= 4 is 28.5 Å². The van der Waals surface area contributed by atoms with Gasteiger partial charge in [-0.1, -0.05) is 42.5 Å². The van der Waals surface area contributed by atoms with Gasteiger partial charge in [-0.15, -0.1) is 0 Å². The van der Waals surface area contributed by atoms with Crippen LogP contribution in [0.3, 0.4) is 0 Å². The van der Waals surface area contributed by atoms with Gasteiger partial charge in [0, 0.05) is 47.9 Å². The number of aromatic nitrogens is 1. The number of hydrogen-bond donors (Lipinski definition) is 2. The number of benzene rings is 2. The Kier molecular flexibility index (Phi) is 4.46. The maximum absolute atomic E-state index is 13.1. The summed E-state index contributed by atoms with van der Waals surface area (Å²) in [4.78, 5) is 30.0. The Hall–Kier alpha value is -3.41. The molecule has 3 aromatic rings. The Balaban J connectivity index is 1.63. The molecule has 0 saturated carbocycles. The van der Waals surface area contributed by atoms with Gasteiger partial charge in [-0.05, 0) is 17.7 Å². The highest BCUT2D eigenvalue weighted by Crippen LogP contribution is 2.34. The van der Waals surface area contributed by atoms with Gasteiger partial charge >= 0.3 is 6.09 Å². The van der Waals surface area contributed by atoms with Crippen LogP contribution in [0.15, 0.2) is 67.0 Å². The van der Waals surface area contributed by atoms with Crippen molar-refractivity contribution in [3.05, 3.63) is 72.6 Å². The number of amides is 2. The maximum Gasteiger partial charge on any atom is 0.407 e. The monoisotopic (exact) mass is 361 g/mol. The van der Waals surface area contributed by atoms with Crippen LogP contribution in [0.25, 0.3) is 10.8 Å². The van der Waals surface area contributed by atoms with E-state index in [4.69, 9.17) is 0 Å². The van der Waals surface area contributed by atoms with E-state index >= 15 is 0 Å². The summed E-state index contributed by atoms with van der Waals surface area (Å²) in [5.41, 5.74) is 1.68. The second-order valence-corrected chi connectivity index (χ2v) is 6.70. The number of carbonyl (C=O) groups excluding carboxylic acids is 1. The number of carboxylic acid groups (broad SMARTS) is 1. The normalized spacial score (nSPS) is 19.2. The lowest BCUT2D eigenvalue weighted by Gasteiger charge is -2.18. The third-order valence-electron chi connectivity index (χ3n) is 5.09. The van der Waals surface area contributed by atoms with E-state index in [1.54, 1.807) is 12.4 Å². The molecule has 0 unspecified atom stereocenters. The molecule has 0 aliphatic carbocycles. The van der Waals surface area contributed by atoms with Gasteiger partial charge in [-0.2, -0.15) is 0 Å². The SMILES string of the molecule is O=C(Nc1cccc2cnccc12)[C@H]1CN(C(=O)O)C[C@@H]1c1ccccc1. The standard InChI is InChI=1S/C21H19N3O3/c25-20(23-19-8-4-7-15-11-22-10-9-16(15)19)18-13-24(21(26)27)12-17(18)14-5-2-1-3-6-14/h1-11,17-18H,12-13H2,(H,23,25)(H,26,27)/t17-,18+/m1/s1. The molecule has 6 heteroatoms. The van der Waals surface area contributed by atoms with Crippen LogP contribution in [-0.4, -0.2) is 40.1 Å². The predicted octanol–water partition coefficient (Wildman–Crippen LogP) is 3.57. The zero-order chi connectivity index (χ0) is 18.8. The molecule has 6 nitrogen and oxygen atoms in total. The van der Waals surface area contributed by atoms with Gasteiger partial charge in [0.1, 0.15) is 0 Å². The van der Waals surface area contributed by atoms with Crippen LogP contribution in [0.5, 0.6) is 0 Å². The molecular formula is C21H19N3O3. The number of fused-ring (bicyclic) bond motifs is 1. The third kappa shape index (κ3) is 3.33. The lowest BCUT2D eigenvalue weighted by atomic mass is 9.88. The van der Waals surface area contributed by atoms with Gasteiger partial charge in [0.05, 0.1) is 5.92 Å². The van der Waals surface area contributed by atoms with Crippen molar-refractivity contribution in [2.75, 3.05) is 18.4 Å². The molecule has 4 rings (SSSR count). The predicted molar refractivity (Wildman–Crippen MR) is 103 cm³/mol. The first-order chi connectivity index (χ1) is 13.1. The Morgan fingerprint density at radius 1 is 1.04 bits per heavy atom. The Labute approximate surface area is 156 Å². The summed E-state index contributed by atoms with van der Waals surface area (Å²) in [5, 5.41) is 14.2. The summed E-state index contributed by atoms with van der Waals surface area (Å²) in [5.74, 6) is -0.781. The van der Waals surface area contributed by atoms with Crippen molar-refractivity contribution in [1.29, 1.82) is 0 Å². The van der Waals surface area contributed by atoms with Crippen LogP contribution < -0.4 is 5.32 Å². The highest BCUT2D eigenvalue weighted by atomic mass is 16.4. The maximum atomic E-state index is 13.1. The molecule has 0 radical (unpaired) electrons. The van der Waals surface area contributed by atoms with Crippen molar-refractivity contribution < 1.29 is 14.7 Å². The summed E-state index contributed by atoms with van der Waals surface area (Å²) in [6.45, 7) is 0.504. The lowest BCUT2D eigenvalue weighted by molar-refractivity contribution is -0.119. The smallest absolute Gasteiger partial charge is 0.407 e. The summed E-state index contributed by atoms with van der Waals surface area (Å²) < 4.78 is 0. The lowest BCUT2D eigenvalue weighted by Crippen LogP contribution is -2.30. The molecule has 2 heterocycles. The molecule has 136 valence electrons. The van der Waals surface area contributed by atoms with Crippen molar-refractivity contribution in [3.8, 4) is 0 Å². The first kappa shape index (κ1) is 17.0. The minimum Gasteiger partial charge on any atom is -0.465 e. The van der Waals surface area contributed by atoms with Gasteiger partial charge in [-0.25, -0.2) is 4.79 Å². The van der Waals surface area contributed by atoms with Gasteiger partial charge in [-0.3, -0.25) is 9.78 Å². The number of likely N-dealkylation sites (tertiary alicyclic amines) is 1. The van der Waals surface area contributed by atoms with Crippen LogP contribution in [0.1, 0.15) is 11.5 Å². The minimum absolute atomic E-state index is 0.168. The largest absolute Gasteiger partial charge is 0.465 e. The fourth-order valence-corrected chi connectivity index (χ4v) is 3.72. The van der Waals surface area contributed by atoms with E-state index in [9.17, 15) is 14.7 Å². The molecule has 27 heavy (non-hydrogen) atoms. The summed E-state index contributed by atoms with van der Waals surface area (Å²) >= 11 is 0.